The van der Waals surface area contributed by atoms with Crippen LogP contribution in [0.25, 0.3) is 10.4 Å². The van der Waals surface area contributed by atoms with Crippen LogP contribution in [0.15, 0.2) is 42.5 Å². The predicted molar refractivity (Wildman–Crippen MR) is 82.6 cm³/mol. The number of nitrogens with one attached hydrogen (secondary N) is 1. The van der Waals surface area contributed by atoms with Crippen LogP contribution >= 0.6 is 11.3 Å². The molecule has 0 bridgehead atoms. The lowest BCUT2D eigenvalue weighted by Crippen LogP contribution is -2.14. The Morgan fingerprint density at radius 1 is 1.05 bits per heavy atom. The van der Waals surface area contributed by atoms with Gasteiger partial charge < -0.3 is 10.1 Å². The Morgan fingerprint density at radius 3 is 2.68 bits per heavy atom. The maximum Gasteiger partial charge on any atom is 0.0462 e. The molecule has 0 atom stereocenters. The molecule has 2 aromatic rings. The van der Waals surface area contributed by atoms with Gasteiger partial charge in [-0.1, -0.05) is 30.3 Å². The molecule has 0 amide bonds. The molecule has 1 aromatic carbocycles. The molecular weight excluding hydrogens is 254 g/mol. The summed E-state index contributed by atoms with van der Waals surface area (Å²) in [5, 5.41) is 3.48. The summed E-state index contributed by atoms with van der Waals surface area (Å²) in [7, 11) is 1.75. The van der Waals surface area contributed by atoms with Crippen molar-refractivity contribution in [3.05, 3.63) is 47.3 Å². The summed E-state index contributed by atoms with van der Waals surface area (Å²) >= 11 is 1.87. The second-order valence-electron chi connectivity index (χ2n) is 4.51. The van der Waals surface area contributed by atoms with Gasteiger partial charge in [-0.2, -0.15) is 0 Å². The molecule has 0 radical (unpaired) electrons. The highest BCUT2D eigenvalue weighted by Crippen LogP contribution is 2.27. The zero-order valence-electron chi connectivity index (χ0n) is 11.4. The molecule has 0 saturated heterocycles. The van der Waals surface area contributed by atoms with E-state index in [2.05, 4.69) is 47.8 Å². The summed E-state index contributed by atoms with van der Waals surface area (Å²) in [4.78, 5) is 2.74. The first-order valence-electron chi connectivity index (χ1n) is 6.74. The van der Waals surface area contributed by atoms with E-state index in [0.29, 0.717) is 0 Å². The molecule has 0 aliphatic rings. The first kappa shape index (κ1) is 14.3. The van der Waals surface area contributed by atoms with Crippen molar-refractivity contribution in [3.63, 3.8) is 0 Å². The van der Waals surface area contributed by atoms with Crippen LogP contribution in [-0.2, 0) is 11.3 Å². The summed E-state index contributed by atoms with van der Waals surface area (Å²) in [6, 6.07) is 15.0. The normalized spacial score (nSPS) is 10.8. The number of ether oxygens (including phenoxy) is 1. The van der Waals surface area contributed by atoms with Gasteiger partial charge in [0.05, 0.1) is 0 Å². The number of rotatable bonds is 8. The van der Waals surface area contributed by atoms with Gasteiger partial charge in [0.15, 0.2) is 0 Å². The number of hydrogen-bond acceptors (Lipinski definition) is 3. The van der Waals surface area contributed by atoms with Crippen LogP contribution in [0.3, 0.4) is 0 Å². The molecule has 2 nitrogen and oxygen atoms in total. The van der Waals surface area contributed by atoms with Crippen molar-refractivity contribution in [1.29, 1.82) is 0 Å². The van der Waals surface area contributed by atoms with Crippen LogP contribution in [0, 0.1) is 0 Å². The monoisotopic (exact) mass is 275 g/mol. The lowest BCUT2D eigenvalue weighted by Gasteiger charge is -2.02. The fraction of sp³-hybridized carbons (Fsp3) is 0.375. The average Bonchev–Trinajstić information content (AvgIpc) is 2.92. The predicted octanol–water partition coefficient (Wildman–Crippen LogP) is 3.93. The van der Waals surface area contributed by atoms with Gasteiger partial charge in [-0.15, -0.1) is 11.3 Å². The van der Waals surface area contributed by atoms with Crippen molar-refractivity contribution in [2.45, 2.75) is 19.4 Å². The Balaban J connectivity index is 1.75. The van der Waals surface area contributed by atoms with Crippen LogP contribution in [0.4, 0.5) is 0 Å². The van der Waals surface area contributed by atoms with Crippen molar-refractivity contribution in [3.8, 4) is 10.4 Å². The fourth-order valence-electron chi connectivity index (χ4n) is 1.94. The summed E-state index contributed by atoms with van der Waals surface area (Å²) < 4.78 is 5.03. The van der Waals surface area contributed by atoms with E-state index in [9.17, 15) is 0 Å². The van der Waals surface area contributed by atoms with Crippen LogP contribution in [0.5, 0.6) is 0 Å². The first-order valence-corrected chi connectivity index (χ1v) is 7.55. The van der Waals surface area contributed by atoms with Crippen molar-refractivity contribution in [2.75, 3.05) is 20.3 Å². The lowest BCUT2D eigenvalue weighted by atomic mass is 10.2. The minimum atomic E-state index is 0.860. The zero-order valence-corrected chi connectivity index (χ0v) is 12.2. The topological polar surface area (TPSA) is 21.3 Å². The van der Waals surface area contributed by atoms with Crippen LogP contribution in [0.1, 0.15) is 17.7 Å². The highest BCUT2D eigenvalue weighted by atomic mass is 32.1. The third-order valence-corrected chi connectivity index (χ3v) is 4.11. The Bertz CT molecular complexity index is 467. The van der Waals surface area contributed by atoms with Crippen LogP contribution in [0.2, 0.25) is 0 Å². The minimum absolute atomic E-state index is 0.860. The van der Waals surface area contributed by atoms with E-state index >= 15 is 0 Å². The molecule has 0 fully saturated rings. The van der Waals surface area contributed by atoms with Gasteiger partial charge in [0.1, 0.15) is 0 Å². The number of methoxy groups -OCH3 is 1. The Kier molecular flexibility index (Phi) is 6.08. The maximum absolute atomic E-state index is 5.03. The lowest BCUT2D eigenvalue weighted by molar-refractivity contribution is 0.192. The average molecular weight is 275 g/mol. The van der Waals surface area contributed by atoms with E-state index in [1.54, 1.807) is 7.11 Å². The molecule has 0 spiro atoms. The summed E-state index contributed by atoms with van der Waals surface area (Å²) in [6.07, 6.45) is 2.30. The van der Waals surface area contributed by atoms with Crippen LogP contribution < -0.4 is 5.32 Å². The van der Waals surface area contributed by atoms with Gasteiger partial charge >= 0.3 is 0 Å². The number of thiophene rings is 1. The third kappa shape index (κ3) is 4.78. The van der Waals surface area contributed by atoms with Crippen molar-refractivity contribution in [2.24, 2.45) is 0 Å². The molecule has 3 heteroatoms. The molecule has 0 aliphatic heterocycles. The van der Waals surface area contributed by atoms with E-state index in [1.165, 1.54) is 21.7 Å². The van der Waals surface area contributed by atoms with E-state index < -0.39 is 0 Å². The minimum Gasteiger partial charge on any atom is -0.385 e. The number of benzene rings is 1. The highest BCUT2D eigenvalue weighted by molar-refractivity contribution is 7.15. The standard InChI is InChI=1S/C16H21NOS/c1-18-12-6-5-11-17-13-15-9-10-16(19-15)14-7-3-2-4-8-14/h2-4,7-10,17H,5-6,11-13H2,1H3. The summed E-state index contributed by atoms with van der Waals surface area (Å²) in [6.45, 7) is 2.88. The van der Waals surface area contributed by atoms with E-state index in [-0.39, 0.29) is 0 Å². The zero-order chi connectivity index (χ0) is 13.3. The maximum atomic E-state index is 5.03. The summed E-state index contributed by atoms with van der Waals surface area (Å²) in [5.41, 5.74) is 1.30. The van der Waals surface area contributed by atoms with E-state index in [0.717, 1.165) is 26.1 Å². The highest BCUT2D eigenvalue weighted by Gasteiger charge is 2.01. The Morgan fingerprint density at radius 2 is 1.89 bits per heavy atom. The second kappa shape index (κ2) is 8.10. The summed E-state index contributed by atoms with van der Waals surface area (Å²) in [5.74, 6) is 0. The SMILES string of the molecule is COCCCCNCc1ccc(-c2ccccc2)s1. The molecule has 1 N–H and O–H groups in total. The van der Waals surface area contributed by atoms with Gasteiger partial charge in [0.2, 0.25) is 0 Å². The molecule has 2 rings (SSSR count). The van der Waals surface area contributed by atoms with Gasteiger partial charge in [0.25, 0.3) is 0 Å². The molecule has 19 heavy (non-hydrogen) atoms. The molecule has 0 saturated carbocycles. The first-order chi connectivity index (χ1) is 9.40. The molecular formula is C16H21NOS. The number of unbranched alkanes of at least 4 members (excludes halogenated alkanes) is 1. The largest absolute Gasteiger partial charge is 0.385 e. The molecule has 0 aliphatic carbocycles. The molecule has 1 aromatic heterocycles. The Hall–Kier alpha value is -1.16. The van der Waals surface area contributed by atoms with Gasteiger partial charge in [0, 0.05) is 30.0 Å². The van der Waals surface area contributed by atoms with Crippen molar-refractivity contribution >= 4 is 11.3 Å². The molecule has 102 valence electrons. The quantitative estimate of drug-likeness (QED) is 0.737. The van der Waals surface area contributed by atoms with Crippen molar-refractivity contribution in [1.82, 2.24) is 5.32 Å². The van der Waals surface area contributed by atoms with Gasteiger partial charge in [-0.25, -0.2) is 0 Å². The van der Waals surface area contributed by atoms with E-state index in [1.807, 2.05) is 11.3 Å². The molecule has 1 heterocycles. The molecule has 0 unspecified atom stereocenters. The third-order valence-electron chi connectivity index (χ3n) is 2.97. The fourth-order valence-corrected chi connectivity index (χ4v) is 2.92. The van der Waals surface area contributed by atoms with Crippen molar-refractivity contribution < 1.29 is 4.74 Å². The van der Waals surface area contributed by atoms with E-state index in [4.69, 9.17) is 4.74 Å². The smallest absolute Gasteiger partial charge is 0.0462 e. The number of hydrogen-bond donors (Lipinski definition) is 1. The Labute approximate surface area is 119 Å². The van der Waals surface area contributed by atoms with Crippen LogP contribution in [-0.4, -0.2) is 20.3 Å². The second-order valence-corrected chi connectivity index (χ2v) is 5.68. The van der Waals surface area contributed by atoms with Gasteiger partial charge in [-0.3, -0.25) is 0 Å². The van der Waals surface area contributed by atoms with Gasteiger partial charge in [-0.05, 0) is 37.1 Å².